The minimum atomic E-state index is -1.56. The summed E-state index contributed by atoms with van der Waals surface area (Å²) in [5.74, 6) is -0.182. The monoisotopic (exact) mass is 784 g/mol. The Morgan fingerprint density at radius 1 is 0.600 bits per heavy atom. The van der Waals surface area contributed by atoms with E-state index in [0.29, 0.717) is 6.42 Å². The molecule has 1 aliphatic heterocycles. The quantitative estimate of drug-likeness (QED) is 0.0267. The minimum absolute atomic E-state index is 0.182. The number of aliphatic hydroxyl groups is 5. The first kappa shape index (κ1) is 51.9. The zero-order valence-corrected chi connectivity index (χ0v) is 35.7. The molecule has 7 atom stereocenters. The lowest BCUT2D eigenvalue weighted by molar-refractivity contribution is -0.302. The summed E-state index contributed by atoms with van der Waals surface area (Å²) in [6.45, 7) is 3.63. The zero-order chi connectivity index (χ0) is 40.2. The van der Waals surface area contributed by atoms with Crippen LogP contribution in [0.1, 0.15) is 219 Å². The van der Waals surface area contributed by atoms with E-state index in [-0.39, 0.29) is 12.5 Å². The van der Waals surface area contributed by atoms with Gasteiger partial charge in [-0.15, -0.1) is 0 Å². The molecule has 7 unspecified atom stereocenters. The highest BCUT2D eigenvalue weighted by molar-refractivity contribution is 5.76. The molecule has 0 aromatic carbocycles. The van der Waals surface area contributed by atoms with E-state index in [1.165, 1.54) is 161 Å². The Morgan fingerprint density at radius 2 is 1.00 bits per heavy atom. The van der Waals surface area contributed by atoms with Gasteiger partial charge < -0.3 is 40.3 Å². The molecule has 1 rings (SSSR count). The molecule has 0 saturated carbocycles. The Morgan fingerprint density at radius 3 is 1.40 bits per heavy atom. The van der Waals surface area contributed by atoms with Crippen molar-refractivity contribution in [1.82, 2.24) is 5.32 Å². The van der Waals surface area contributed by atoms with Gasteiger partial charge in [-0.05, 0) is 12.8 Å². The lowest BCUT2D eigenvalue weighted by Crippen LogP contribution is -2.60. The summed E-state index contributed by atoms with van der Waals surface area (Å²) in [5, 5.41) is 53.5. The molecular weight excluding hydrogens is 695 g/mol. The van der Waals surface area contributed by atoms with Crippen molar-refractivity contribution in [2.45, 2.75) is 262 Å². The van der Waals surface area contributed by atoms with E-state index in [0.717, 1.165) is 38.5 Å². The van der Waals surface area contributed by atoms with Crippen molar-refractivity contribution in [3.63, 3.8) is 0 Å². The predicted molar refractivity (Wildman–Crippen MR) is 226 cm³/mol. The third-order valence-electron chi connectivity index (χ3n) is 11.4. The van der Waals surface area contributed by atoms with Crippen molar-refractivity contribution in [2.24, 2.45) is 0 Å². The number of allylic oxidation sites excluding steroid dienone is 1. The SMILES string of the molecule is CCCC/C=C/C(O)C(COC1OC(CO)C(O)C(O)C1O)NC(=O)CCCCCCCCCCCCCCCCCCCCCCCCCCCCCC. The lowest BCUT2D eigenvalue weighted by Gasteiger charge is -2.40. The molecule has 0 spiro atoms. The summed E-state index contributed by atoms with van der Waals surface area (Å²) in [5.41, 5.74) is 0. The number of aliphatic hydroxyl groups excluding tert-OH is 5. The number of unbranched alkanes of at least 4 members (excludes halogenated alkanes) is 29. The van der Waals surface area contributed by atoms with Gasteiger partial charge >= 0.3 is 0 Å². The second-order valence-electron chi connectivity index (χ2n) is 16.6. The van der Waals surface area contributed by atoms with Crippen molar-refractivity contribution < 1.29 is 39.8 Å². The van der Waals surface area contributed by atoms with Crippen LogP contribution >= 0.6 is 0 Å². The predicted octanol–water partition coefficient (Wildman–Crippen LogP) is 9.73. The van der Waals surface area contributed by atoms with Gasteiger partial charge in [-0.3, -0.25) is 4.79 Å². The fraction of sp³-hybridized carbons (Fsp3) is 0.935. The van der Waals surface area contributed by atoms with Crippen LogP contribution in [0.15, 0.2) is 12.2 Å². The van der Waals surface area contributed by atoms with Crippen LogP contribution < -0.4 is 5.32 Å². The molecule has 1 heterocycles. The van der Waals surface area contributed by atoms with E-state index in [1.54, 1.807) is 6.08 Å². The summed E-state index contributed by atoms with van der Waals surface area (Å²) >= 11 is 0. The topological polar surface area (TPSA) is 149 Å². The number of amides is 1. The van der Waals surface area contributed by atoms with Crippen molar-refractivity contribution in [1.29, 1.82) is 0 Å². The Hall–Kier alpha value is -1.07. The molecule has 0 aromatic rings. The molecule has 0 bridgehead atoms. The van der Waals surface area contributed by atoms with Gasteiger partial charge in [-0.1, -0.05) is 212 Å². The van der Waals surface area contributed by atoms with Crippen LogP contribution in [-0.2, 0) is 14.3 Å². The van der Waals surface area contributed by atoms with Crippen LogP contribution in [0.5, 0.6) is 0 Å². The number of ether oxygens (including phenoxy) is 2. The first-order valence-electron chi connectivity index (χ1n) is 23.4. The molecule has 1 aliphatic rings. The van der Waals surface area contributed by atoms with Gasteiger partial charge in [0, 0.05) is 6.42 Å². The summed E-state index contributed by atoms with van der Waals surface area (Å²) < 4.78 is 11.1. The van der Waals surface area contributed by atoms with Crippen molar-refractivity contribution in [2.75, 3.05) is 13.2 Å². The molecule has 326 valence electrons. The van der Waals surface area contributed by atoms with E-state index in [9.17, 15) is 30.3 Å². The van der Waals surface area contributed by atoms with E-state index in [4.69, 9.17) is 9.47 Å². The highest BCUT2D eigenvalue weighted by Gasteiger charge is 2.44. The summed E-state index contributed by atoms with van der Waals surface area (Å²) in [7, 11) is 0. The summed E-state index contributed by atoms with van der Waals surface area (Å²) in [6, 6.07) is -0.795. The van der Waals surface area contributed by atoms with Crippen LogP contribution in [0, 0.1) is 0 Å². The molecule has 0 radical (unpaired) electrons. The number of hydrogen-bond acceptors (Lipinski definition) is 8. The standard InChI is InChI=1S/C46H89NO8/c1-3-5-7-9-10-11-12-13-14-15-16-17-18-19-20-21-22-23-24-25-26-27-28-29-30-31-32-34-36-42(50)47-39(40(49)35-33-8-6-4-2)38-54-46-45(53)44(52)43(51)41(37-48)55-46/h33,35,39-41,43-46,48-49,51-53H,3-32,34,36-38H2,1-2H3,(H,47,50)/b35-33+. The van der Waals surface area contributed by atoms with Crippen molar-refractivity contribution in [3.05, 3.63) is 12.2 Å². The number of carbonyl (C=O) groups is 1. The van der Waals surface area contributed by atoms with Crippen LogP contribution in [0.4, 0.5) is 0 Å². The van der Waals surface area contributed by atoms with E-state index in [2.05, 4.69) is 19.2 Å². The number of carbonyl (C=O) groups excluding carboxylic acids is 1. The van der Waals surface area contributed by atoms with E-state index >= 15 is 0 Å². The molecule has 9 nitrogen and oxygen atoms in total. The van der Waals surface area contributed by atoms with Crippen LogP contribution in [-0.4, -0.2) is 87.5 Å². The molecule has 0 aromatic heterocycles. The third-order valence-corrected chi connectivity index (χ3v) is 11.4. The van der Waals surface area contributed by atoms with Crippen LogP contribution in [0.25, 0.3) is 0 Å². The molecule has 1 fully saturated rings. The van der Waals surface area contributed by atoms with Gasteiger partial charge in [0.15, 0.2) is 6.29 Å². The average Bonchev–Trinajstić information content (AvgIpc) is 3.18. The maximum Gasteiger partial charge on any atom is 0.220 e. The summed E-state index contributed by atoms with van der Waals surface area (Å²) in [4.78, 5) is 12.8. The number of rotatable bonds is 39. The maximum atomic E-state index is 12.8. The van der Waals surface area contributed by atoms with Gasteiger partial charge in [0.05, 0.1) is 25.4 Å². The second kappa shape index (κ2) is 37.2. The van der Waals surface area contributed by atoms with Gasteiger partial charge in [0.2, 0.25) is 5.91 Å². The average molecular weight is 784 g/mol. The molecule has 1 saturated heterocycles. The number of hydrogen-bond donors (Lipinski definition) is 6. The van der Waals surface area contributed by atoms with Crippen molar-refractivity contribution in [3.8, 4) is 0 Å². The molecule has 6 N–H and O–H groups in total. The summed E-state index contributed by atoms with van der Waals surface area (Å²) in [6.07, 6.45) is 36.4. The molecular formula is C46H89NO8. The lowest BCUT2D eigenvalue weighted by atomic mass is 9.99. The normalized spacial score (nSPS) is 21.3. The Labute approximate surface area is 337 Å². The second-order valence-corrected chi connectivity index (χ2v) is 16.6. The molecule has 0 aliphatic carbocycles. The first-order chi connectivity index (χ1) is 26.8. The van der Waals surface area contributed by atoms with Crippen molar-refractivity contribution >= 4 is 5.91 Å². The maximum absolute atomic E-state index is 12.8. The van der Waals surface area contributed by atoms with E-state index < -0.39 is 49.5 Å². The molecule has 55 heavy (non-hydrogen) atoms. The smallest absolute Gasteiger partial charge is 0.220 e. The van der Waals surface area contributed by atoms with Gasteiger partial charge in [0.25, 0.3) is 0 Å². The molecule has 1 amide bonds. The Bertz CT molecular complexity index is 873. The number of nitrogens with one attached hydrogen (secondary N) is 1. The fourth-order valence-electron chi connectivity index (χ4n) is 7.55. The van der Waals surface area contributed by atoms with Gasteiger partial charge in [-0.25, -0.2) is 0 Å². The highest BCUT2D eigenvalue weighted by atomic mass is 16.7. The Kier molecular flexibility index (Phi) is 35.2. The first-order valence-corrected chi connectivity index (χ1v) is 23.4. The molecule has 9 heteroatoms. The third kappa shape index (κ3) is 28.1. The highest BCUT2D eigenvalue weighted by Crippen LogP contribution is 2.23. The van der Waals surface area contributed by atoms with Crippen LogP contribution in [0.3, 0.4) is 0 Å². The largest absolute Gasteiger partial charge is 0.394 e. The van der Waals surface area contributed by atoms with Gasteiger partial charge in [0.1, 0.15) is 24.4 Å². The van der Waals surface area contributed by atoms with E-state index in [1.807, 2.05) is 6.08 Å². The van der Waals surface area contributed by atoms with Gasteiger partial charge in [-0.2, -0.15) is 0 Å². The minimum Gasteiger partial charge on any atom is -0.394 e. The fourth-order valence-corrected chi connectivity index (χ4v) is 7.55. The zero-order valence-electron chi connectivity index (χ0n) is 35.7. The van der Waals surface area contributed by atoms with Crippen LogP contribution in [0.2, 0.25) is 0 Å². The Balaban J connectivity index is 2.02.